The quantitative estimate of drug-likeness (QED) is 0.721. The molecular formula is C10H11NO2S. The molecule has 3 N–H and O–H groups in total. The molecule has 4 heteroatoms. The summed E-state index contributed by atoms with van der Waals surface area (Å²) in [6, 6.07) is 7.34. The number of hydrogen-bond donors (Lipinski definition) is 2. The Balaban J connectivity index is 2.55. The Morgan fingerprint density at radius 2 is 2.21 bits per heavy atom. The zero-order chi connectivity index (χ0) is 10.2. The summed E-state index contributed by atoms with van der Waals surface area (Å²) in [4.78, 5) is 12.1. The van der Waals surface area contributed by atoms with Crippen LogP contribution in [0.4, 0.5) is 0 Å². The van der Waals surface area contributed by atoms with Gasteiger partial charge in [0.15, 0.2) is 5.60 Å². The van der Waals surface area contributed by atoms with Crippen molar-refractivity contribution in [2.24, 2.45) is 5.73 Å². The van der Waals surface area contributed by atoms with Crippen molar-refractivity contribution in [3.8, 4) is 0 Å². The molecule has 0 aromatic heterocycles. The molecule has 1 aromatic rings. The lowest BCUT2D eigenvalue weighted by molar-refractivity contribution is -0.137. The molecule has 0 saturated heterocycles. The number of thioether (sulfide) groups is 1. The van der Waals surface area contributed by atoms with E-state index in [1.807, 2.05) is 12.1 Å². The Labute approximate surface area is 86.3 Å². The number of carbonyl (C=O) groups excluding carboxylic acids is 1. The van der Waals surface area contributed by atoms with Gasteiger partial charge >= 0.3 is 0 Å². The molecule has 0 saturated carbocycles. The minimum absolute atomic E-state index is 0.393. The van der Waals surface area contributed by atoms with Crippen molar-refractivity contribution in [1.82, 2.24) is 0 Å². The highest BCUT2D eigenvalue weighted by Crippen LogP contribution is 2.39. The van der Waals surface area contributed by atoms with Crippen LogP contribution < -0.4 is 5.73 Å². The number of carbonyl (C=O) groups is 1. The number of hydrogen-bond acceptors (Lipinski definition) is 3. The summed E-state index contributed by atoms with van der Waals surface area (Å²) in [6.45, 7) is 0. The number of amides is 1. The van der Waals surface area contributed by atoms with Gasteiger partial charge in [-0.25, -0.2) is 0 Å². The molecule has 1 atom stereocenters. The first-order chi connectivity index (χ1) is 6.64. The van der Waals surface area contributed by atoms with Gasteiger partial charge in [0.2, 0.25) is 0 Å². The van der Waals surface area contributed by atoms with Gasteiger partial charge in [0.25, 0.3) is 5.91 Å². The van der Waals surface area contributed by atoms with Gasteiger partial charge in [-0.2, -0.15) is 0 Å². The van der Waals surface area contributed by atoms with Crippen LogP contribution in [0.25, 0.3) is 0 Å². The lowest BCUT2D eigenvalue weighted by Gasteiger charge is -2.30. The second-order valence-electron chi connectivity index (χ2n) is 3.32. The van der Waals surface area contributed by atoms with Crippen LogP contribution in [-0.2, 0) is 10.4 Å². The topological polar surface area (TPSA) is 63.3 Å². The van der Waals surface area contributed by atoms with Crippen LogP contribution >= 0.6 is 11.8 Å². The van der Waals surface area contributed by atoms with Gasteiger partial charge in [0, 0.05) is 16.2 Å². The van der Waals surface area contributed by atoms with E-state index >= 15 is 0 Å². The molecule has 14 heavy (non-hydrogen) atoms. The minimum Gasteiger partial charge on any atom is -0.375 e. The van der Waals surface area contributed by atoms with E-state index < -0.39 is 11.5 Å². The van der Waals surface area contributed by atoms with Crippen molar-refractivity contribution in [2.45, 2.75) is 16.9 Å². The monoisotopic (exact) mass is 209 g/mol. The lowest BCUT2D eigenvalue weighted by atomic mass is 9.90. The molecule has 2 rings (SSSR count). The van der Waals surface area contributed by atoms with Gasteiger partial charge < -0.3 is 10.8 Å². The molecule has 0 bridgehead atoms. The highest BCUT2D eigenvalue weighted by Gasteiger charge is 2.39. The van der Waals surface area contributed by atoms with Crippen LogP contribution in [0, 0.1) is 0 Å². The van der Waals surface area contributed by atoms with Crippen molar-refractivity contribution in [2.75, 3.05) is 5.75 Å². The molecule has 0 aliphatic carbocycles. The first kappa shape index (κ1) is 9.55. The van der Waals surface area contributed by atoms with Crippen LogP contribution in [0.5, 0.6) is 0 Å². The molecule has 1 heterocycles. The van der Waals surface area contributed by atoms with E-state index in [1.54, 1.807) is 23.9 Å². The maximum absolute atomic E-state index is 11.2. The standard InChI is InChI=1S/C10H11NO2S/c11-9(12)10(13)5-6-14-8-4-2-1-3-7(8)10/h1-4,13H,5-6H2,(H2,11,12). The number of primary amides is 1. The fourth-order valence-electron chi connectivity index (χ4n) is 1.63. The molecule has 1 amide bonds. The van der Waals surface area contributed by atoms with Gasteiger partial charge in [0.1, 0.15) is 0 Å². The van der Waals surface area contributed by atoms with Gasteiger partial charge in [-0.15, -0.1) is 11.8 Å². The second kappa shape index (κ2) is 3.29. The van der Waals surface area contributed by atoms with E-state index in [0.29, 0.717) is 12.0 Å². The summed E-state index contributed by atoms with van der Waals surface area (Å²) < 4.78 is 0. The Morgan fingerprint density at radius 1 is 1.50 bits per heavy atom. The Morgan fingerprint density at radius 3 is 2.93 bits per heavy atom. The molecule has 1 aliphatic heterocycles. The van der Waals surface area contributed by atoms with Crippen molar-refractivity contribution < 1.29 is 9.90 Å². The first-order valence-electron chi connectivity index (χ1n) is 4.39. The highest BCUT2D eigenvalue weighted by atomic mass is 32.2. The molecule has 0 radical (unpaired) electrons. The number of benzene rings is 1. The SMILES string of the molecule is NC(=O)C1(O)CCSc2ccccc21. The number of nitrogens with two attached hydrogens (primary N) is 1. The second-order valence-corrected chi connectivity index (χ2v) is 4.46. The molecule has 1 unspecified atom stereocenters. The zero-order valence-electron chi connectivity index (χ0n) is 7.56. The molecular weight excluding hydrogens is 198 g/mol. The maximum atomic E-state index is 11.2. The largest absolute Gasteiger partial charge is 0.375 e. The minimum atomic E-state index is -1.47. The number of rotatable bonds is 1. The molecule has 1 aromatic carbocycles. The van der Waals surface area contributed by atoms with Gasteiger partial charge in [-0.3, -0.25) is 4.79 Å². The van der Waals surface area contributed by atoms with E-state index in [9.17, 15) is 9.90 Å². The zero-order valence-corrected chi connectivity index (χ0v) is 8.38. The van der Waals surface area contributed by atoms with Crippen LogP contribution in [0.3, 0.4) is 0 Å². The van der Waals surface area contributed by atoms with E-state index in [0.717, 1.165) is 10.6 Å². The van der Waals surface area contributed by atoms with Crippen molar-refractivity contribution in [3.05, 3.63) is 29.8 Å². The van der Waals surface area contributed by atoms with E-state index in [4.69, 9.17) is 5.73 Å². The third kappa shape index (κ3) is 1.31. The van der Waals surface area contributed by atoms with Crippen LogP contribution in [0.1, 0.15) is 12.0 Å². The molecule has 3 nitrogen and oxygen atoms in total. The molecule has 0 fully saturated rings. The Hall–Kier alpha value is -1.00. The summed E-state index contributed by atoms with van der Waals surface area (Å²) in [5.41, 5.74) is 4.39. The highest BCUT2D eigenvalue weighted by molar-refractivity contribution is 7.99. The summed E-state index contributed by atoms with van der Waals surface area (Å²) in [5, 5.41) is 10.1. The normalized spacial score (nSPS) is 25.5. The summed E-state index contributed by atoms with van der Waals surface area (Å²) in [7, 11) is 0. The fraction of sp³-hybridized carbons (Fsp3) is 0.300. The fourth-order valence-corrected chi connectivity index (χ4v) is 2.82. The lowest BCUT2D eigenvalue weighted by Crippen LogP contribution is -2.43. The predicted octanol–water partition coefficient (Wildman–Crippen LogP) is 0.855. The first-order valence-corrected chi connectivity index (χ1v) is 5.38. The van der Waals surface area contributed by atoms with Crippen molar-refractivity contribution in [1.29, 1.82) is 0 Å². The Kier molecular flexibility index (Phi) is 2.25. The van der Waals surface area contributed by atoms with Crippen LogP contribution in [-0.4, -0.2) is 16.8 Å². The molecule has 1 aliphatic rings. The summed E-state index contributed by atoms with van der Waals surface area (Å²) >= 11 is 1.64. The number of fused-ring (bicyclic) bond motifs is 1. The van der Waals surface area contributed by atoms with E-state index in [2.05, 4.69) is 0 Å². The van der Waals surface area contributed by atoms with Crippen molar-refractivity contribution in [3.63, 3.8) is 0 Å². The third-order valence-corrected chi connectivity index (χ3v) is 3.54. The smallest absolute Gasteiger partial charge is 0.254 e. The Bertz CT molecular complexity index is 380. The molecule has 74 valence electrons. The third-order valence-electron chi connectivity index (χ3n) is 2.46. The summed E-state index contributed by atoms with van der Waals surface area (Å²) in [6.07, 6.45) is 0.393. The van der Waals surface area contributed by atoms with Crippen LogP contribution in [0.15, 0.2) is 29.2 Å². The van der Waals surface area contributed by atoms with Crippen LogP contribution in [0.2, 0.25) is 0 Å². The maximum Gasteiger partial charge on any atom is 0.254 e. The van der Waals surface area contributed by atoms with Gasteiger partial charge in [-0.05, 0) is 12.5 Å². The van der Waals surface area contributed by atoms with Gasteiger partial charge in [-0.1, -0.05) is 18.2 Å². The van der Waals surface area contributed by atoms with Gasteiger partial charge in [0.05, 0.1) is 0 Å². The summed E-state index contributed by atoms with van der Waals surface area (Å²) in [5.74, 6) is 0.0569. The molecule has 0 spiro atoms. The van der Waals surface area contributed by atoms with Crippen molar-refractivity contribution >= 4 is 17.7 Å². The van der Waals surface area contributed by atoms with E-state index in [-0.39, 0.29) is 0 Å². The average Bonchev–Trinajstić information content (AvgIpc) is 2.18. The van der Waals surface area contributed by atoms with E-state index in [1.165, 1.54) is 0 Å². The average molecular weight is 209 g/mol. The number of aliphatic hydroxyl groups is 1. The predicted molar refractivity (Wildman–Crippen MR) is 54.9 cm³/mol.